The van der Waals surface area contributed by atoms with Gasteiger partial charge in [0, 0.05) is 0 Å². The Hall–Kier alpha value is -0.570. The van der Waals surface area contributed by atoms with Crippen LogP contribution in [0.1, 0.15) is 40.5 Å². The lowest BCUT2D eigenvalue weighted by molar-refractivity contribution is -0.158. The van der Waals surface area contributed by atoms with Crippen LogP contribution in [0.15, 0.2) is 0 Å². The molecule has 14 heavy (non-hydrogen) atoms. The number of carbonyl (C=O) groups is 1. The predicted octanol–water partition coefficient (Wildman–Crippen LogP) is 1.72. The molecule has 0 aromatic rings. The molecule has 1 N–H and O–H groups in total. The first-order valence-corrected chi connectivity index (χ1v) is 5.35. The van der Waals surface area contributed by atoms with Gasteiger partial charge in [0.15, 0.2) is 0 Å². The molecular formula is C11H21NO2. The van der Waals surface area contributed by atoms with E-state index in [-0.39, 0.29) is 17.6 Å². The Labute approximate surface area is 86.2 Å². The van der Waals surface area contributed by atoms with Crippen molar-refractivity contribution in [1.29, 1.82) is 0 Å². The highest BCUT2D eigenvalue weighted by molar-refractivity contribution is 5.76. The van der Waals surface area contributed by atoms with Gasteiger partial charge in [-0.1, -0.05) is 6.92 Å². The van der Waals surface area contributed by atoms with E-state index in [1.165, 1.54) is 0 Å². The second-order valence-corrected chi connectivity index (χ2v) is 5.18. The fraction of sp³-hybridized carbons (Fsp3) is 0.909. The SMILES string of the molecule is C[C@@H]1CC[C@@H](C(=O)OC(C)(C)C)NC1. The minimum Gasteiger partial charge on any atom is -0.459 e. The number of esters is 1. The zero-order valence-electron chi connectivity index (χ0n) is 9.59. The van der Waals surface area contributed by atoms with Crippen LogP contribution in [-0.2, 0) is 9.53 Å². The van der Waals surface area contributed by atoms with E-state index in [9.17, 15) is 4.79 Å². The second-order valence-electron chi connectivity index (χ2n) is 5.18. The Bertz CT molecular complexity index is 200. The first-order valence-electron chi connectivity index (χ1n) is 5.35. The van der Waals surface area contributed by atoms with Crippen LogP contribution in [0.4, 0.5) is 0 Å². The predicted molar refractivity (Wildman–Crippen MR) is 56.0 cm³/mol. The summed E-state index contributed by atoms with van der Waals surface area (Å²) in [5, 5.41) is 3.22. The summed E-state index contributed by atoms with van der Waals surface area (Å²) in [6.07, 6.45) is 2.01. The average Bonchev–Trinajstić information content (AvgIpc) is 2.02. The van der Waals surface area contributed by atoms with Gasteiger partial charge in [0.2, 0.25) is 0 Å². The third kappa shape index (κ3) is 3.66. The van der Waals surface area contributed by atoms with E-state index in [2.05, 4.69) is 12.2 Å². The van der Waals surface area contributed by atoms with Crippen molar-refractivity contribution in [2.45, 2.75) is 52.2 Å². The van der Waals surface area contributed by atoms with Crippen LogP contribution in [0.25, 0.3) is 0 Å². The van der Waals surface area contributed by atoms with Gasteiger partial charge in [0.05, 0.1) is 0 Å². The summed E-state index contributed by atoms with van der Waals surface area (Å²) in [6, 6.07) is -0.0922. The maximum Gasteiger partial charge on any atom is 0.323 e. The molecule has 1 rings (SSSR count). The molecule has 1 saturated heterocycles. The molecule has 0 aromatic carbocycles. The normalized spacial score (nSPS) is 28.6. The Balaban J connectivity index is 2.38. The topological polar surface area (TPSA) is 38.3 Å². The Morgan fingerprint density at radius 2 is 2.00 bits per heavy atom. The molecule has 3 nitrogen and oxygen atoms in total. The van der Waals surface area contributed by atoms with Crippen LogP contribution in [0.2, 0.25) is 0 Å². The standard InChI is InChI=1S/C11H21NO2/c1-8-5-6-9(12-7-8)10(13)14-11(2,3)4/h8-9,12H,5-7H2,1-4H3/t8-,9+/m1/s1. The van der Waals surface area contributed by atoms with E-state index < -0.39 is 0 Å². The molecule has 82 valence electrons. The monoisotopic (exact) mass is 199 g/mol. The zero-order chi connectivity index (χ0) is 10.8. The molecule has 0 amide bonds. The van der Waals surface area contributed by atoms with Crippen molar-refractivity contribution in [1.82, 2.24) is 5.32 Å². The molecule has 0 aromatic heterocycles. The van der Waals surface area contributed by atoms with Gasteiger partial charge in [0.1, 0.15) is 11.6 Å². The number of hydrogen-bond donors (Lipinski definition) is 1. The summed E-state index contributed by atoms with van der Waals surface area (Å²) < 4.78 is 5.31. The van der Waals surface area contributed by atoms with E-state index in [0.717, 1.165) is 19.4 Å². The second kappa shape index (κ2) is 4.30. The van der Waals surface area contributed by atoms with Gasteiger partial charge in [-0.25, -0.2) is 0 Å². The smallest absolute Gasteiger partial charge is 0.323 e. The summed E-state index contributed by atoms with van der Waals surface area (Å²) >= 11 is 0. The molecule has 0 bridgehead atoms. The lowest BCUT2D eigenvalue weighted by Crippen LogP contribution is -2.46. The Morgan fingerprint density at radius 3 is 2.43 bits per heavy atom. The quantitative estimate of drug-likeness (QED) is 0.653. The molecule has 1 fully saturated rings. The van der Waals surface area contributed by atoms with Crippen LogP contribution < -0.4 is 5.32 Å². The summed E-state index contributed by atoms with van der Waals surface area (Å²) in [7, 11) is 0. The number of ether oxygens (including phenoxy) is 1. The molecule has 3 heteroatoms. The summed E-state index contributed by atoms with van der Waals surface area (Å²) in [6.45, 7) is 8.81. The third-order valence-corrected chi connectivity index (χ3v) is 2.35. The van der Waals surface area contributed by atoms with Crippen LogP contribution >= 0.6 is 0 Å². The number of hydrogen-bond acceptors (Lipinski definition) is 3. The minimum absolute atomic E-state index is 0.0922. The van der Waals surface area contributed by atoms with E-state index in [4.69, 9.17) is 4.74 Å². The van der Waals surface area contributed by atoms with Gasteiger partial charge in [-0.2, -0.15) is 0 Å². The average molecular weight is 199 g/mol. The van der Waals surface area contributed by atoms with Crippen molar-refractivity contribution in [3.05, 3.63) is 0 Å². The maximum absolute atomic E-state index is 11.6. The van der Waals surface area contributed by atoms with Gasteiger partial charge in [-0.15, -0.1) is 0 Å². The molecule has 0 spiro atoms. The van der Waals surface area contributed by atoms with Crippen LogP contribution in [-0.4, -0.2) is 24.2 Å². The molecule has 0 unspecified atom stereocenters. The Morgan fingerprint density at radius 1 is 1.36 bits per heavy atom. The highest BCUT2D eigenvalue weighted by Gasteiger charge is 2.27. The van der Waals surface area contributed by atoms with Crippen molar-refractivity contribution in [3.63, 3.8) is 0 Å². The summed E-state index contributed by atoms with van der Waals surface area (Å²) in [5.41, 5.74) is -0.373. The van der Waals surface area contributed by atoms with E-state index in [1.807, 2.05) is 20.8 Å². The van der Waals surface area contributed by atoms with Crippen molar-refractivity contribution in [2.24, 2.45) is 5.92 Å². The van der Waals surface area contributed by atoms with Gasteiger partial charge in [-0.05, 0) is 46.1 Å². The van der Waals surface area contributed by atoms with E-state index >= 15 is 0 Å². The fourth-order valence-corrected chi connectivity index (χ4v) is 1.57. The first-order chi connectivity index (χ1) is 6.38. The number of piperidine rings is 1. The van der Waals surface area contributed by atoms with Crippen LogP contribution in [0.5, 0.6) is 0 Å². The van der Waals surface area contributed by atoms with Gasteiger partial charge in [-0.3, -0.25) is 4.79 Å². The molecule has 0 radical (unpaired) electrons. The number of carbonyl (C=O) groups excluding carboxylic acids is 1. The Kier molecular flexibility index (Phi) is 3.53. The summed E-state index contributed by atoms with van der Waals surface area (Å²) in [4.78, 5) is 11.6. The van der Waals surface area contributed by atoms with Crippen molar-refractivity contribution >= 4 is 5.97 Å². The van der Waals surface area contributed by atoms with E-state index in [1.54, 1.807) is 0 Å². The molecule has 1 aliphatic heterocycles. The molecule has 0 saturated carbocycles. The lowest BCUT2D eigenvalue weighted by Gasteiger charge is -2.29. The largest absolute Gasteiger partial charge is 0.459 e. The van der Waals surface area contributed by atoms with Gasteiger partial charge >= 0.3 is 5.97 Å². The van der Waals surface area contributed by atoms with Gasteiger partial charge in [0.25, 0.3) is 0 Å². The molecular weight excluding hydrogens is 178 g/mol. The highest BCUT2D eigenvalue weighted by Crippen LogP contribution is 2.16. The molecule has 2 atom stereocenters. The first kappa shape index (κ1) is 11.5. The fourth-order valence-electron chi connectivity index (χ4n) is 1.57. The third-order valence-electron chi connectivity index (χ3n) is 2.35. The van der Waals surface area contributed by atoms with Crippen molar-refractivity contribution < 1.29 is 9.53 Å². The lowest BCUT2D eigenvalue weighted by atomic mass is 9.96. The zero-order valence-corrected chi connectivity index (χ0v) is 9.59. The molecule has 1 aliphatic rings. The molecule has 1 heterocycles. The van der Waals surface area contributed by atoms with Crippen molar-refractivity contribution in [3.8, 4) is 0 Å². The number of nitrogens with one attached hydrogen (secondary N) is 1. The van der Waals surface area contributed by atoms with Crippen LogP contribution in [0, 0.1) is 5.92 Å². The van der Waals surface area contributed by atoms with Gasteiger partial charge < -0.3 is 10.1 Å². The van der Waals surface area contributed by atoms with E-state index in [0.29, 0.717) is 5.92 Å². The van der Waals surface area contributed by atoms with Crippen LogP contribution in [0.3, 0.4) is 0 Å². The van der Waals surface area contributed by atoms with Crippen molar-refractivity contribution in [2.75, 3.05) is 6.54 Å². The number of rotatable bonds is 1. The maximum atomic E-state index is 11.6. The molecule has 0 aliphatic carbocycles. The highest BCUT2D eigenvalue weighted by atomic mass is 16.6. The summed E-state index contributed by atoms with van der Waals surface area (Å²) in [5.74, 6) is 0.568. The minimum atomic E-state index is -0.373.